The van der Waals surface area contributed by atoms with Gasteiger partial charge in [-0.15, -0.1) is 0 Å². The van der Waals surface area contributed by atoms with E-state index in [1.165, 1.54) is 95.7 Å². The highest BCUT2D eigenvalue weighted by molar-refractivity contribution is 6.25. The summed E-state index contributed by atoms with van der Waals surface area (Å²) in [6.07, 6.45) is 12.1. The van der Waals surface area contributed by atoms with E-state index in [1.54, 1.807) is 0 Å². The van der Waals surface area contributed by atoms with Crippen LogP contribution < -0.4 is 5.73 Å². The van der Waals surface area contributed by atoms with Crippen LogP contribution >= 0.6 is 0 Å². The lowest BCUT2D eigenvalue weighted by Gasteiger charge is -2.16. The summed E-state index contributed by atoms with van der Waals surface area (Å²) in [6.45, 7) is 2.28. The molecular formula is C26H31N. The zero-order valence-corrected chi connectivity index (χ0v) is 16.6. The normalized spacial score (nSPS) is 11.9. The number of aryl methyl sites for hydroxylation is 1. The molecule has 0 atom stereocenters. The first-order valence-electron chi connectivity index (χ1n) is 10.7. The van der Waals surface area contributed by atoms with Gasteiger partial charge < -0.3 is 5.73 Å². The van der Waals surface area contributed by atoms with Gasteiger partial charge in [-0.25, -0.2) is 0 Å². The fourth-order valence-electron chi connectivity index (χ4n) is 4.58. The van der Waals surface area contributed by atoms with Crippen molar-refractivity contribution in [3.8, 4) is 0 Å². The second-order valence-electron chi connectivity index (χ2n) is 8.03. The summed E-state index contributed by atoms with van der Waals surface area (Å²) < 4.78 is 0. The lowest BCUT2D eigenvalue weighted by atomic mass is 9.89. The number of unbranched alkanes of at least 4 members (excludes halogenated alkanes) is 7. The van der Waals surface area contributed by atoms with E-state index in [-0.39, 0.29) is 0 Å². The van der Waals surface area contributed by atoms with Gasteiger partial charge in [0.1, 0.15) is 0 Å². The van der Waals surface area contributed by atoms with Crippen LogP contribution in [0.15, 0.2) is 48.5 Å². The maximum atomic E-state index is 6.31. The molecule has 0 spiro atoms. The number of benzene rings is 4. The van der Waals surface area contributed by atoms with Crippen LogP contribution in [0.25, 0.3) is 32.3 Å². The zero-order chi connectivity index (χ0) is 18.6. The number of anilines is 1. The number of rotatable bonds is 9. The van der Waals surface area contributed by atoms with Gasteiger partial charge in [0.2, 0.25) is 0 Å². The molecule has 0 fully saturated rings. The summed E-state index contributed by atoms with van der Waals surface area (Å²) in [6, 6.07) is 17.8. The van der Waals surface area contributed by atoms with E-state index in [1.807, 2.05) is 0 Å². The van der Waals surface area contributed by atoms with E-state index in [2.05, 4.69) is 55.5 Å². The van der Waals surface area contributed by atoms with Crippen LogP contribution in [0.3, 0.4) is 0 Å². The van der Waals surface area contributed by atoms with Crippen LogP contribution in [0.5, 0.6) is 0 Å². The Labute approximate surface area is 162 Å². The van der Waals surface area contributed by atoms with Gasteiger partial charge in [-0.05, 0) is 51.4 Å². The molecule has 0 aliphatic carbocycles. The molecule has 0 saturated heterocycles. The molecule has 0 radical (unpaired) electrons. The largest absolute Gasteiger partial charge is 0.398 e. The molecule has 0 saturated carbocycles. The molecule has 0 bridgehead atoms. The Morgan fingerprint density at radius 3 is 2.19 bits per heavy atom. The van der Waals surface area contributed by atoms with Crippen molar-refractivity contribution in [3.63, 3.8) is 0 Å². The Bertz CT molecular complexity index is 1030. The van der Waals surface area contributed by atoms with E-state index in [9.17, 15) is 0 Å². The van der Waals surface area contributed by atoms with Gasteiger partial charge in [0.25, 0.3) is 0 Å². The molecule has 0 amide bonds. The summed E-state index contributed by atoms with van der Waals surface area (Å²) >= 11 is 0. The highest BCUT2D eigenvalue weighted by Gasteiger charge is 2.13. The molecule has 0 aliphatic heterocycles. The number of hydrogen-bond donors (Lipinski definition) is 1. The minimum atomic E-state index is 0.888. The van der Waals surface area contributed by atoms with Crippen LogP contribution in [0.2, 0.25) is 0 Å². The average Bonchev–Trinajstić information content (AvgIpc) is 2.69. The third-order valence-electron chi connectivity index (χ3n) is 6.06. The molecule has 0 unspecified atom stereocenters. The van der Waals surface area contributed by atoms with Crippen LogP contribution in [0.1, 0.15) is 63.9 Å². The minimum Gasteiger partial charge on any atom is -0.398 e. The first-order valence-corrected chi connectivity index (χ1v) is 10.7. The van der Waals surface area contributed by atoms with Crippen molar-refractivity contribution in [3.05, 3.63) is 54.1 Å². The quantitative estimate of drug-likeness (QED) is 0.184. The lowest BCUT2D eigenvalue weighted by molar-refractivity contribution is 0.576. The summed E-state index contributed by atoms with van der Waals surface area (Å²) in [5.41, 5.74) is 8.68. The maximum absolute atomic E-state index is 6.31. The van der Waals surface area contributed by atoms with Crippen molar-refractivity contribution >= 4 is 38.0 Å². The van der Waals surface area contributed by atoms with Gasteiger partial charge in [-0.2, -0.15) is 0 Å². The Balaban J connectivity index is 1.56. The van der Waals surface area contributed by atoms with Crippen molar-refractivity contribution in [2.24, 2.45) is 0 Å². The number of nitrogen functional groups attached to an aromatic ring is 1. The average molecular weight is 358 g/mol. The predicted molar refractivity (Wildman–Crippen MR) is 121 cm³/mol. The molecule has 0 heterocycles. The lowest BCUT2D eigenvalue weighted by Crippen LogP contribution is -1.94. The summed E-state index contributed by atoms with van der Waals surface area (Å²) in [5, 5.41) is 8.00. The zero-order valence-electron chi connectivity index (χ0n) is 16.6. The van der Waals surface area contributed by atoms with Gasteiger partial charge >= 0.3 is 0 Å². The van der Waals surface area contributed by atoms with E-state index < -0.39 is 0 Å². The second kappa shape index (κ2) is 8.17. The predicted octanol–water partition coefficient (Wildman–Crippen LogP) is 7.85. The molecule has 1 nitrogen and oxygen atoms in total. The van der Waals surface area contributed by atoms with Crippen molar-refractivity contribution < 1.29 is 0 Å². The molecule has 0 aliphatic rings. The topological polar surface area (TPSA) is 26.0 Å². The summed E-state index contributed by atoms with van der Waals surface area (Å²) in [7, 11) is 0. The summed E-state index contributed by atoms with van der Waals surface area (Å²) in [5.74, 6) is 0. The highest BCUT2D eigenvalue weighted by atomic mass is 14.5. The van der Waals surface area contributed by atoms with Crippen LogP contribution in [-0.4, -0.2) is 0 Å². The Hall–Kier alpha value is -2.28. The monoisotopic (exact) mass is 357 g/mol. The number of hydrogen-bond acceptors (Lipinski definition) is 1. The minimum absolute atomic E-state index is 0.888. The van der Waals surface area contributed by atoms with Crippen molar-refractivity contribution in [1.29, 1.82) is 0 Å². The fourth-order valence-corrected chi connectivity index (χ4v) is 4.58. The third kappa shape index (κ3) is 3.60. The van der Waals surface area contributed by atoms with E-state index in [0.29, 0.717) is 0 Å². The first-order chi connectivity index (χ1) is 13.3. The highest BCUT2D eigenvalue weighted by Crippen LogP contribution is 2.39. The van der Waals surface area contributed by atoms with E-state index in [0.717, 1.165) is 5.69 Å². The Kier molecular flexibility index (Phi) is 5.48. The van der Waals surface area contributed by atoms with Gasteiger partial charge in [0, 0.05) is 11.1 Å². The molecule has 1 heteroatoms. The second-order valence-corrected chi connectivity index (χ2v) is 8.03. The Morgan fingerprint density at radius 2 is 1.37 bits per heavy atom. The molecule has 4 rings (SSSR count). The van der Waals surface area contributed by atoms with Crippen molar-refractivity contribution in [1.82, 2.24) is 0 Å². The van der Waals surface area contributed by atoms with Crippen LogP contribution in [0.4, 0.5) is 5.69 Å². The SMILES string of the molecule is CCCCCCCCCCc1cc2cccc3ccc4c(N)ccc1c4c32. The van der Waals surface area contributed by atoms with E-state index in [4.69, 9.17) is 5.73 Å². The van der Waals surface area contributed by atoms with Gasteiger partial charge in [-0.3, -0.25) is 0 Å². The molecule has 0 aromatic heterocycles. The smallest absolute Gasteiger partial charge is 0.0394 e. The Morgan fingerprint density at radius 1 is 0.667 bits per heavy atom. The fraction of sp³-hybridized carbons (Fsp3) is 0.385. The van der Waals surface area contributed by atoms with E-state index >= 15 is 0 Å². The summed E-state index contributed by atoms with van der Waals surface area (Å²) in [4.78, 5) is 0. The molecular weight excluding hydrogens is 326 g/mol. The van der Waals surface area contributed by atoms with Gasteiger partial charge in [-0.1, -0.05) is 94.3 Å². The van der Waals surface area contributed by atoms with Crippen molar-refractivity contribution in [2.45, 2.75) is 64.7 Å². The van der Waals surface area contributed by atoms with Gasteiger partial charge in [0.15, 0.2) is 0 Å². The number of nitrogens with two attached hydrogens (primary N) is 1. The maximum Gasteiger partial charge on any atom is 0.0394 e. The first kappa shape index (κ1) is 18.1. The third-order valence-corrected chi connectivity index (χ3v) is 6.06. The van der Waals surface area contributed by atoms with Crippen molar-refractivity contribution in [2.75, 3.05) is 5.73 Å². The molecule has 27 heavy (non-hydrogen) atoms. The standard InChI is InChI=1S/C26H31N/c1-2-3-4-5-6-7-8-9-11-20-18-21-13-10-12-19-14-15-23-24(27)17-16-22(20)26(23)25(19)21/h10,12-18H,2-9,11,27H2,1H3. The van der Waals surface area contributed by atoms with Crippen LogP contribution in [-0.2, 0) is 6.42 Å². The molecule has 4 aromatic rings. The molecule has 2 N–H and O–H groups in total. The van der Waals surface area contributed by atoms with Gasteiger partial charge in [0.05, 0.1) is 0 Å². The molecule has 4 aromatic carbocycles. The van der Waals surface area contributed by atoms with Crippen LogP contribution in [0, 0.1) is 0 Å². The molecule has 140 valence electrons.